The number of hydrazine groups is 1. The predicted molar refractivity (Wildman–Crippen MR) is 84.5 cm³/mol. The lowest BCUT2D eigenvalue weighted by Gasteiger charge is -2.20. The van der Waals surface area contributed by atoms with Crippen LogP contribution in [0.2, 0.25) is 0 Å². The number of hydrogen-bond donors (Lipinski definition) is 2. The standard InChI is InChI=1S/C15H28N4O2/c1-6-7-8-20-9-10-21-13-11(2)12(19-16)17-14(18-13)15(3,4)5/h6-10,16H2,1-5H3,(H,17,18,19). The highest BCUT2D eigenvalue weighted by atomic mass is 16.5. The van der Waals surface area contributed by atoms with Crippen LogP contribution in [-0.2, 0) is 10.2 Å². The third-order valence-corrected chi connectivity index (χ3v) is 3.02. The van der Waals surface area contributed by atoms with E-state index in [1.54, 1.807) is 0 Å². The Bertz CT molecular complexity index is 444. The van der Waals surface area contributed by atoms with Gasteiger partial charge in [0, 0.05) is 12.0 Å². The van der Waals surface area contributed by atoms with Crippen molar-refractivity contribution in [3.63, 3.8) is 0 Å². The van der Waals surface area contributed by atoms with E-state index in [-0.39, 0.29) is 5.41 Å². The summed E-state index contributed by atoms with van der Waals surface area (Å²) in [7, 11) is 0. The molecule has 0 amide bonds. The molecule has 0 fully saturated rings. The average molecular weight is 296 g/mol. The molecule has 0 aliphatic carbocycles. The van der Waals surface area contributed by atoms with Gasteiger partial charge < -0.3 is 14.9 Å². The van der Waals surface area contributed by atoms with Crippen molar-refractivity contribution in [2.45, 2.75) is 52.9 Å². The monoisotopic (exact) mass is 296 g/mol. The van der Waals surface area contributed by atoms with Crippen molar-refractivity contribution in [1.29, 1.82) is 0 Å². The fourth-order valence-corrected chi connectivity index (χ4v) is 1.66. The lowest BCUT2D eigenvalue weighted by atomic mass is 9.95. The number of nitrogens with two attached hydrogens (primary N) is 1. The lowest BCUT2D eigenvalue weighted by Crippen LogP contribution is -2.21. The van der Waals surface area contributed by atoms with Crippen molar-refractivity contribution in [3.8, 4) is 5.88 Å². The van der Waals surface area contributed by atoms with Crippen LogP contribution >= 0.6 is 0 Å². The first-order valence-electron chi connectivity index (χ1n) is 7.46. The van der Waals surface area contributed by atoms with Gasteiger partial charge in [-0.15, -0.1) is 0 Å². The number of hydrogen-bond acceptors (Lipinski definition) is 6. The first-order chi connectivity index (χ1) is 9.90. The van der Waals surface area contributed by atoms with Crippen molar-refractivity contribution >= 4 is 5.82 Å². The van der Waals surface area contributed by atoms with E-state index in [2.05, 4.69) is 43.1 Å². The molecule has 1 aromatic heterocycles. The molecule has 1 aromatic rings. The Labute approximate surface area is 127 Å². The minimum absolute atomic E-state index is 0.172. The molecule has 0 saturated heterocycles. The maximum absolute atomic E-state index is 5.72. The predicted octanol–water partition coefficient (Wildman–Crippen LogP) is 2.56. The first-order valence-corrected chi connectivity index (χ1v) is 7.46. The van der Waals surface area contributed by atoms with Crippen LogP contribution in [0.1, 0.15) is 51.9 Å². The molecular formula is C15H28N4O2. The summed E-state index contributed by atoms with van der Waals surface area (Å²) in [4.78, 5) is 8.93. The SMILES string of the molecule is CCCCOCCOc1nc(C(C)(C)C)nc(NN)c1C. The van der Waals surface area contributed by atoms with Crippen LogP contribution in [0.4, 0.5) is 5.82 Å². The van der Waals surface area contributed by atoms with Gasteiger partial charge >= 0.3 is 0 Å². The molecule has 3 N–H and O–H groups in total. The van der Waals surface area contributed by atoms with Gasteiger partial charge in [0.05, 0.1) is 12.2 Å². The Morgan fingerprint density at radius 2 is 1.86 bits per heavy atom. The molecule has 21 heavy (non-hydrogen) atoms. The molecule has 0 unspecified atom stereocenters. The van der Waals surface area contributed by atoms with Gasteiger partial charge in [0.2, 0.25) is 5.88 Å². The quantitative estimate of drug-likeness (QED) is 0.436. The lowest BCUT2D eigenvalue weighted by molar-refractivity contribution is 0.0960. The molecule has 0 atom stereocenters. The molecule has 0 radical (unpaired) electrons. The number of nitrogen functional groups attached to an aromatic ring is 1. The normalized spacial score (nSPS) is 11.5. The van der Waals surface area contributed by atoms with Crippen molar-refractivity contribution in [2.24, 2.45) is 5.84 Å². The van der Waals surface area contributed by atoms with Gasteiger partial charge in [0.25, 0.3) is 0 Å². The van der Waals surface area contributed by atoms with E-state index in [4.69, 9.17) is 15.3 Å². The minimum atomic E-state index is -0.172. The molecule has 6 nitrogen and oxygen atoms in total. The largest absolute Gasteiger partial charge is 0.475 e. The summed E-state index contributed by atoms with van der Waals surface area (Å²) >= 11 is 0. The Kier molecular flexibility index (Phi) is 6.84. The smallest absolute Gasteiger partial charge is 0.221 e. The van der Waals surface area contributed by atoms with Crippen LogP contribution in [0.3, 0.4) is 0 Å². The second-order valence-corrected chi connectivity index (χ2v) is 6.03. The van der Waals surface area contributed by atoms with Crippen molar-refractivity contribution in [3.05, 3.63) is 11.4 Å². The maximum Gasteiger partial charge on any atom is 0.221 e. The van der Waals surface area contributed by atoms with Crippen molar-refractivity contribution in [1.82, 2.24) is 9.97 Å². The molecular weight excluding hydrogens is 268 g/mol. The molecule has 0 aromatic carbocycles. The van der Waals surface area contributed by atoms with Gasteiger partial charge in [-0.3, -0.25) is 0 Å². The van der Waals surface area contributed by atoms with Crippen molar-refractivity contribution in [2.75, 3.05) is 25.2 Å². The van der Waals surface area contributed by atoms with Gasteiger partial charge in [-0.2, -0.15) is 4.98 Å². The van der Waals surface area contributed by atoms with Gasteiger partial charge in [0.1, 0.15) is 12.4 Å². The van der Waals surface area contributed by atoms with E-state index in [9.17, 15) is 0 Å². The summed E-state index contributed by atoms with van der Waals surface area (Å²) < 4.78 is 11.2. The highest BCUT2D eigenvalue weighted by molar-refractivity contribution is 5.48. The van der Waals surface area contributed by atoms with E-state index in [1.165, 1.54) is 0 Å². The second kappa shape index (κ2) is 8.14. The maximum atomic E-state index is 5.72. The van der Waals surface area contributed by atoms with Gasteiger partial charge in [-0.25, -0.2) is 10.8 Å². The zero-order valence-corrected chi connectivity index (χ0v) is 13.8. The minimum Gasteiger partial charge on any atom is -0.475 e. The number of ether oxygens (including phenoxy) is 2. The number of unbranched alkanes of at least 4 members (excludes halogenated alkanes) is 1. The van der Waals surface area contributed by atoms with E-state index >= 15 is 0 Å². The van der Waals surface area contributed by atoms with E-state index in [0.29, 0.717) is 30.7 Å². The molecule has 0 aliphatic rings. The molecule has 0 saturated carbocycles. The fourth-order valence-electron chi connectivity index (χ4n) is 1.66. The average Bonchev–Trinajstić information content (AvgIpc) is 2.43. The van der Waals surface area contributed by atoms with Gasteiger partial charge in [-0.1, -0.05) is 34.1 Å². The van der Waals surface area contributed by atoms with Crippen LogP contribution in [0, 0.1) is 6.92 Å². The Hall–Kier alpha value is -1.40. The molecule has 0 spiro atoms. The summed E-state index contributed by atoms with van der Waals surface area (Å²) in [5, 5.41) is 0. The Balaban J connectivity index is 2.72. The van der Waals surface area contributed by atoms with Crippen LogP contribution < -0.4 is 16.0 Å². The summed E-state index contributed by atoms with van der Waals surface area (Å²) in [5.74, 6) is 7.37. The summed E-state index contributed by atoms with van der Waals surface area (Å²) in [6.07, 6.45) is 2.20. The zero-order valence-electron chi connectivity index (χ0n) is 13.8. The topological polar surface area (TPSA) is 82.3 Å². The van der Waals surface area contributed by atoms with E-state index < -0.39 is 0 Å². The highest BCUT2D eigenvalue weighted by Gasteiger charge is 2.21. The summed E-state index contributed by atoms with van der Waals surface area (Å²) in [6.45, 7) is 12.0. The first kappa shape index (κ1) is 17.7. The number of aromatic nitrogens is 2. The molecule has 1 rings (SSSR count). The van der Waals surface area contributed by atoms with Crippen LogP contribution in [0.25, 0.3) is 0 Å². The van der Waals surface area contributed by atoms with Crippen LogP contribution in [-0.4, -0.2) is 29.8 Å². The van der Waals surface area contributed by atoms with Crippen LogP contribution in [0.15, 0.2) is 0 Å². The number of rotatable bonds is 8. The number of anilines is 1. The Morgan fingerprint density at radius 3 is 2.43 bits per heavy atom. The molecule has 6 heteroatoms. The van der Waals surface area contributed by atoms with Crippen LogP contribution in [0.5, 0.6) is 5.88 Å². The summed E-state index contributed by atoms with van der Waals surface area (Å²) in [5.41, 5.74) is 3.24. The van der Waals surface area contributed by atoms with E-state index in [0.717, 1.165) is 25.0 Å². The zero-order chi connectivity index (χ0) is 15.9. The third kappa shape index (κ3) is 5.47. The van der Waals surface area contributed by atoms with Gasteiger partial charge in [-0.05, 0) is 13.3 Å². The second-order valence-electron chi connectivity index (χ2n) is 6.03. The molecule has 120 valence electrons. The third-order valence-electron chi connectivity index (χ3n) is 3.02. The molecule has 0 aliphatic heterocycles. The Morgan fingerprint density at radius 1 is 1.14 bits per heavy atom. The summed E-state index contributed by atoms with van der Waals surface area (Å²) in [6, 6.07) is 0. The van der Waals surface area contributed by atoms with E-state index in [1.807, 2.05) is 6.92 Å². The number of nitrogens with zero attached hydrogens (tertiary/aromatic N) is 2. The fraction of sp³-hybridized carbons (Fsp3) is 0.733. The van der Waals surface area contributed by atoms with Crippen molar-refractivity contribution < 1.29 is 9.47 Å². The highest BCUT2D eigenvalue weighted by Crippen LogP contribution is 2.27. The van der Waals surface area contributed by atoms with Gasteiger partial charge in [0.15, 0.2) is 5.82 Å². The molecule has 0 bridgehead atoms. The molecule has 1 heterocycles. The number of nitrogens with one attached hydrogen (secondary N) is 1.